The normalized spacial score (nSPS) is 14.8. The average molecular weight is 311 g/mol. The van der Waals surface area contributed by atoms with Gasteiger partial charge in [-0.25, -0.2) is 4.98 Å². The highest BCUT2D eigenvalue weighted by Crippen LogP contribution is 2.37. The van der Waals surface area contributed by atoms with Crippen LogP contribution >= 0.6 is 34.7 Å². The monoisotopic (exact) mass is 310 g/mol. The number of nitrogens with zero attached hydrogens (tertiary/aromatic N) is 1. The zero-order valence-electron chi connectivity index (χ0n) is 10.6. The number of aryl methyl sites for hydroxylation is 1. The molecule has 0 aliphatic heterocycles. The molecule has 5 heteroatoms. The molecular formula is C14H15ClN2S2. The number of rotatable bonds is 5. The quantitative estimate of drug-likeness (QED) is 0.879. The van der Waals surface area contributed by atoms with Crippen LogP contribution < -0.4 is 5.32 Å². The number of nitrogens with one attached hydrogen (secondary N) is 1. The maximum absolute atomic E-state index is 6.35. The van der Waals surface area contributed by atoms with Gasteiger partial charge < -0.3 is 5.32 Å². The van der Waals surface area contributed by atoms with Gasteiger partial charge >= 0.3 is 0 Å². The second-order valence-corrected chi connectivity index (χ2v) is 7.26. The number of hydrogen-bond acceptors (Lipinski definition) is 4. The molecule has 1 saturated carbocycles. The third kappa shape index (κ3) is 3.51. The first-order valence-electron chi connectivity index (χ1n) is 6.33. The Hall–Kier alpha value is -0.550. The van der Waals surface area contributed by atoms with E-state index in [1.807, 2.05) is 19.1 Å². The van der Waals surface area contributed by atoms with E-state index in [2.05, 4.69) is 21.7 Å². The van der Waals surface area contributed by atoms with Gasteiger partial charge in [-0.15, -0.1) is 11.3 Å². The summed E-state index contributed by atoms with van der Waals surface area (Å²) in [5.74, 6) is 0. The molecule has 3 rings (SSSR count). The van der Waals surface area contributed by atoms with Gasteiger partial charge in [0.15, 0.2) is 4.34 Å². The topological polar surface area (TPSA) is 24.9 Å². The molecule has 1 aromatic carbocycles. The summed E-state index contributed by atoms with van der Waals surface area (Å²) in [6.07, 6.45) is 2.60. The summed E-state index contributed by atoms with van der Waals surface area (Å²) in [5.41, 5.74) is 2.33. The van der Waals surface area contributed by atoms with Crippen molar-refractivity contribution in [1.82, 2.24) is 10.3 Å². The Labute approximate surface area is 126 Å². The van der Waals surface area contributed by atoms with Crippen molar-refractivity contribution in [2.75, 3.05) is 0 Å². The fourth-order valence-electron chi connectivity index (χ4n) is 1.82. The fraction of sp³-hybridized carbons (Fsp3) is 0.357. The lowest BCUT2D eigenvalue weighted by Gasteiger charge is -2.10. The molecule has 2 aromatic rings. The Morgan fingerprint density at radius 3 is 3.00 bits per heavy atom. The van der Waals surface area contributed by atoms with Gasteiger partial charge in [-0.2, -0.15) is 0 Å². The lowest BCUT2D eigenvalue weighted by atomic mass is 10.2. The van der Waals surface area contributed by atoms with Crippen molar-refractivity contribution < 1.29 is 0 Å². The largest absolute Gasteiger partial charge is 0.310 e. The minimum Gasteiger partial charge on any atom is -0.310 e. The summed E-state index contributed by atoms with van der Waals surface area (Å²) in [4.78, 5) is 5.63. The molecule has 1 aliphatic carbocycles. The third-order valence-corrected chi connectivity index (χ3v) is 5.66. The maximum Gasteiger partial charge on any atom is 0.154 e. The molecular weight excluding hydrogens is 296 g/mol. The number of hydrogen-bond donors (Lipinski definition) is 1. The molecule has 0 atom stereocenters. The van der Waals surface area contributed by atoms with Crippen molar-refractivity contribution in [3.8, 4) is 0 Å². The van der Waals surface area contributed by atoms with Crippen molar-refractivity contribution >= 4 is 34.7 Å². The van der Waals surface area contributed by atoms with Gasteiger partial charge in [0.1, 0.15) is 0 Å². The predicted octanol–water partition coefficient (Wildman–Crippen LogP) is 4.51. The molecule has 1 aliphatic rings. The fourth-order valence-corrected chi connectivity index (χ4v) is 4.03. The van der Waals surface area contributed by atoms with Crippen molar-refractivity contribution in [1.29, 1.82) is 0 Å². The van der Waals surface area contributed by atoms with Crippen molar-refractivity contribution in [2.24, 2.45) is 0 Å². The minimum absolute atomic E-state index is 0.707. The molecule has 1 heterocycles. The highest BCUT2D eigenvalue weighted by atomic mass is 35.5. The van der Waals surface area contributed by atoms with Crippen LogP contribution in [-0.4, -0.2) is 11.0 Å². The summed E-state index contributed by atoms with van der Waals surface area (Å²) < 4.78 is 1.05. The number of aromatic nitrogens is 1. The average Bonchev–Trinajstić information content (AvgIpc) is 3.13. The van der Waals surface area contributed by atoms with Crippen LogP contribution in [0.15, 0.2) is 32.8 Å². The molecule has 0 spiro atoms. The van der Waals surface area contributed by atoms with E-state index in [4.69, 9.17) is 11.6 Å². The molecule has 0 amide bonds. The standard InChI is InChI=1S/C14H15ClN2S2/c1-9-8-18-14(17-9)19-13-10(3-2-4-12(13)15)7-16-11-5-6-11/h2-4,8,11,16H,5-7H2,1H3. The lowest BCUT2D eigenvalue weighted by Crippen LogP contribution is -2.15. The Morgan fingerprint density at radius 2 is 2.32 bits per heavy atom. The van der Waals surface area contributed by atoms with Crippen LogP contribution in [-0.2, 0) is 6.54 Å². The highest BCUT2D eigenvalue weighted by molar-refractivity contribution is 8.01. The number of halogens is 1. The second-order valence-electron chi connectivity index (χ2n) is 4.74. The third-order valence-electron chi connectivity index (χ3n) is 2.99. The molecule has 1 aromatic heterocycles. The molecule has 1 N–H and O–H groups in total. The Bertz CT molecular complexity index is 579. The van der Waals surface area contributed by atoms with Crippen LogP contribution in [0.3, 0.4) is 0 Å². The Balaban J connectivity index is 1.80. The maximum atomic E-state index is 6.35. The van der Waals surface area contributed by atoms with E-state index in [0.29, 0.717) is 6.04 Å². The van der Waals surface area contributed by atoms with Gasteiger partial charge in [-0.3, -0.25) is 0 Å². The van der Waals surface area contributed by atoms with E-state index in [-0.39, 0.29) is 0 Å². The first-order chi connectivity index (χ1) is 9.22. The van der Waals surface area contributed by atoms with Crippen molar-refractivity contribution in [3.63, 3.8) is 0 Å². The predicted molar refractivity (Wildman–Crippen MR) is 82.3 cm³/mol. The molecule has 0 unspecified atom stereocenters. The smallest absolute Gasteiger partial charge is 0.154 e. The molecule has 0 radical (unpaired) electrons. The van der Waals surface area contributed by atoms with Crippen LogP contribution in [0, 0.1) is 6.92 Å². The highest BCUT2D eigenvalue weighted by Gasteiger charge is 2.21. The zero-order chi connectivity index (χ0) is 13.2. The van der Waals surface area contributed by atoms with Crippen LogP contribution in [0.25, 0.3) is 0 Å². The van der Waals surface area contributed by atoms with Crippen molar-refractivity contribution in [2.45, 2.75) is 41.6 Å². The van der Waals surface area contributed by atoms with E-state index in [1.165, 1.54) is 18.4 Å². The first kappa shape index (κ1) is 13.4. The number of benzene rings is 1. The summed E-state index contributed by atoms with van der Waals surface area (Å²) >= 11 is 9.69. The van der Waals surface area contributed by atoms with Crippen molar-refractivity contribution in [3.05, 3.63) is 39.9 Å². The summed E-state index contributed by atoms with van der Waals surface area (Å²) in [5, 5.41) is 6.43. The molecule has 0 saturated heterocycles. The summed E-state index contributed by atoms with van der Waals surface area (Å²) in [6.45, 7) is 2.90. The van der Waals surface area contributed by atoms with Crippen LogP contribution in [0.2, 0.25) is 5.02 Å². The van der Waals surface area contributed by atoms with Gasteiger partial charge in [-0.1, -0.05) is 35.5 Å². The van der Waals surface area contributed by atoms with Gasteiger partial charge in [-0.05, 0) is 31.4 Å². The van der Waals surface area contributed by atoms with Crippen LogP contribution in [0.4, 0.5) is 0 Å². The second kappa shape index (κ2) is 5.83. The molecule has 2 nitrogen and oxygen atoms in total. The molecule has 19 heavy (non-hydrogen) atoms. The first-order valence-corrected chi connectivity index (χ1v) is 8.40. The van der Waals surface area contributed by atoms with Crippen LogP contribution in [0.5, 0.6) is 0 Å². The van der Waals surface area contributed by atoms with E-state index < -0.39 is 0 Å². The SMILES string of the molecule is Cc1csc(Sc2c(Cl)cccc2CNC2CC2)n1. The van der Waals surface area contributed by atoms with Gasteiger partial charge in [0.25, 0.3) is 0 Å². The van der Waals surface area contributed by atoms with Gasteiger partial charge in [0, 0.05) is 28.6 Å². The summed E-state index contributed by atoms with van der Waals surface area (Å²) in [7, 11) is 0. The van der Waals surface area contributed by atoms with Crippen LogP contribution in [0.1, 0.15) is 24.1 Å². The van der Waals surface area contributed by atoms with E-state index in [1.54, 1.807) is 23.1 Å². The van der Waals surface area contributed by atoms with E-state index >= 15 is 0 Å². The minimum atomic E-state index is 0.707. The van der Waals surface area contributed by atoms with E-state index in [0.717, 1.165) is 26.5 Å². The molecule has 1 fully saturated rings. The van der Waals surface area contributed by atoms with E-state index in [9.17, 15) is 0 Å². The lowest BCUT2D eigenvalue weighted by molar-refractivity contribution is 0.680. The van der Waals surface area contributed by atoms with Gasteiger partial charge in [0.05, 0.1) is 5.02 Å². The summed E-state index contributed by atoms with van der Waals surface area (Å²) in [6, 6.07) is 6.82. The Morgan fingerprint density at radius 1 is 1.47 bits per heavy atom. The number of thiazole rings is 1. The zero-order valence-corrected chi connectivity index (χ0v) is 13.0. The molecule has 0 bridgehead atoms. The Kier molecular flexibility index (Phi) is 4.12. The van der Waals surface area contributed by atoms with Gasteiger partial charge in [0.2, 0.25) is 0 Å². The molecule has 100 valence electrons.